The van der Waals surface area contributed by atoms with Gasteiger partial charge in [0.25, 0.3) is 0 Å². The molecule has 0 aromatic heterocycles. The van der Waals surface area contributed by atoms with E-state index in [4.69, 9.17) is 24.1 Å². The van der Waals surface area contributed by atoms with Gasteiger partial charge in [-0.15, -0.1) is 0 Å². The Bertz CT molecular complexity index is 1160. The van der Waals surface area contributed by atoms with Crippen molar-refractivity contribution in [2.75, 3.05) is 26.4 Å². The van der Waals surface area contributed by atoms with Gasteiger partial charge in [0, 0.05) is 6.42 Å². The minimum Gasteiger partial charge on any atom is -0.481 e. The second-order valence-corrected chi connectivity index (χ2v) is 15.2. The fourth-order valence-electron chi connectivity index (χ4n) is 3.80. The van der Waals surface area contributed by atoms with Crippen LogP contribution in [0.25, 0.3) is 0 Å². The number of amides is 1. The van der Waals surface area contributed by atoms with Crippen molar-refractivity contribution in [3.8, 4) is 0 Å². The number of unbranched alkanes of at least 4 members (excludes halogenated alkanes) is 3. The van der Waals surface area contributed by atoms with Crippen molar-refractivity contribution in [2.24, 2.45) is 22.2 Å². The van der Waals surface area contributed by atoms with Crippen LogP contribution in [-0.4, -0.2) is 61.4 Å². The van der Waals surface area contributed by atoms with Crippen molar-refractivity contribution in [3.63, 3.8) is 0 Å². The average molecular weight is 752 g/mol. The van der Waals surface area contributed by atoms with E-state index in [0.717, 1.165) is 44.1 Å². The van der Waals surface area contributed by atoms with Gasteiger partial charge in [0.05, 0.1) is 36.0 Å². The van der Waals surface area contributed by atoms with Crippen LogP contribution in [0.3, 0.4) is 0 Å². The Labute approximate surface area is 320 Å². The number of carboxylic acids is 1. The second-order valence-electron chi connectivity index (χ2n) is 15.2. The number of nitrogens with one attached hydrogen (secondary N) is 1. The molecule has 1 aromatic carbocycles. The molecule has 0 aliphatic heterocycles. The maximum atomic E-state index is 11.8. The minimum absolute atomic E-state index is 0.122. The molecule has 0 saturated heterocycles. The number of carboxylic acid groups (broad SMARTS) is 1. The smallest absolute Gasteiger partial charge is 0.407 e. The molecule has 1 rings (SSSR count). The third kappa shape index (κ3) is 25.9. The first-order valence-corrected chi connectivity index (χ1v) is 19.5. The summed E-state index contributed by atoms with van der Waals surface area (Å²) in [5.41, 5.74) is -0.410. The summed E-state index contributed by atoms with van der Waals surface area (Å²) in [5, 5.41) is 11.0. The molecule has 0 fully saturated rings. The van der Waals surface area contributed by atoms with E-state index in [0.29, 0.717) is 51.4 Å². The van der Waals surface area contributed by atoms with Crippen molar-refractivity contribution >= 4 is 30.0 Å². The van der Waals surface area contributed by atoms with Crippen molar-refractivity contribution in [1.82, 2.24) is 5.32 Å². The lowest BCUT2D eigenvalue weighted by Gasteiger charge is -2.20. The molecule has 1 aromatic rings. The standard InChI is InChI=1S/C23H43NO6.C13H18O2.C6H12O2/c1-6-9-13-19(7-2)18-30-20(25)14-11-10-12-16-29-22(27)24-15-17-28-21(26)23(4,5)8-3;1-4-13(2,3)12(14)15-10-11-8-6-5-7-9-11;1-4-6(2,3)5(7)8/h19H,6-18H2,1-5H3,(H,24,27);5-9H,4,10H2,1-3H3;4H2,1-3H3,(H,7,8). The summed E-state index contributed by atoms with van der Waals surface area (Å²) in [4.78, 5) is 57.1. The molecule has 0 aliphatic carbocycles. The first kappa shape index (κ1) is 51.5. The number of esters is 3. The molecule has 53 heavy (non-hydrogen) atoms. The highest BCUT2D eigenvalue weighted by molar-refractivity contribution is 5.76. The number of hydrogen-bond acceptors (Lipinski definition) is 9. The summed E-state index contributed by atoms with van der Waals surface area (Å²) in [6.07, 6.45) is 8.71. The van der Waals surface area contributed by atoms with Gasteiger partial charge in [-0.3, -0.25) is 19.2 Å². The van der Waals surface area contributed by atoms with Crippen molar-refractivity contribution < 1.29 is 48.0 Å². The van der Waals surface area contributed by atoms with Crippen LogP contribution < -0.4 is 5.32 Å². The third-order valence-corrected chi connectivity index (χ3v) is 9.43. The average Bonchev–Trinajstić information content (AvgIpc) is 3.14. The number of carbonyl (C=O) groups is 5. The second kappa shape index (κ2) is 28.8. The molecule has 11 nitrogen and oxygen atoms in total. The molecular formula is C42H73NO10. The number of rotatable bonds is 23. The number of alkyl carbamates (subject to hydrolysis) is 1. The normalized spacial score (nSPS) is 11.8. The molecule has 306 valence electrons. The lowest BCUT2D eigenvalue weighted by atomic mass is 9.91. The maximum absolute atomic E-state index is 11.8. The molecular weight excluding hydrogens is 678 g/mol. The van der Waals surface area contributed by atoms with Crippen LogP contribution in [0, 0.1) is 22.2 Å². The van der Waals surface area contributed by atoms with Crippen molar-refractivity contribution in [1.29, 1.82) is 0 Å². The molecule has 1 unspecified atom stereocenters. The van der Waals surface area contributed by atoms with Crippen LogP contribution in [0.2, 0.25) is 0 Å². The first-order valence-electron chi connectivity index (χ1n) is 19.5. The molecule has 2 N–H and O–H groups in total. The van der Waals surface area contributed by atoms with Crippen LogP contribution in [-0.2, 0) is 44.7 Å². The topological polar surface area (TPSA) is 155 Å². The SMILES string of the molecule is CCC(C)(C)C(=O)O.CCC(C)(C)C(=O)OCc1ccccc1.CCCCC(CC)COC(=O)CCCCCOC(=O)NCCOC(=O)C(C)(C)CC. The van der Waals surface area contributed by atoms with Crippen LogP contribution in [0.5, 0.6) is 0 Å². The molecule has 1 atom stereocenters. The van der Waals surface area contributed by atoms with Gasteiger partial charge in [0.2, 0.25) is 0 Å². The van der Waals surface area contributed by atoms with Crippen LogP contribution in [0.1, 0.15) is 152 Å². The van der Waals surface area contributed by atoms with E-state index in [1.165, 1.54) is 6.42 Å². The van der Waals surface area contributed by atoms with Gasteiger partial charge in [-0.2, -0.15) is 0 Å². The fourth-order valence-corrected chi connectivity index (χ4v) is 3.80. The largest absolute Gasteiger partial charge is 0.481 e. The molecule has 0 heterocycles. The van der Waals surface area contributed by atoms with Gasteiger partial charge in [-0.1, -0.05) is 84.2 Å². The molecule has 0 radical (unpaired) electrons. The van der Waals surface area contributed by atoms with E-state index in [2.05, 4.69) is 19.2 Å². The monoisotopic (exact) mass is 752 g/mol. The zero-order valence-electron chi connectivity index (χ0n) is 34.9. The Hall–Kier alpha value is -3.63. The number of carbonyl (C=O) groups excluding carboxylic acids is 4. The highest BCUT2D eigenvalue weighted by Crippen LogP contribution is 2.23. The summed E-state index contributed by atoms with van der Waals surface area (Å²) in [6.45, 7) is 22.5. The Morgan fingerprint density at radius 3 is 1.74 bits per heavy atom. The van der Waals surface area contributed by atoms with E-state index in [9.17, 15) is 24.0 Å². The summed E-state index contributed by atoms with van der Waals surface area (Å²) < 4.78 is 20.8. The fraction of sp³-hybridized carbons (Fsp3) is 0.738. The van der Waals surface area contributed by atoms with Gasteiger partial charge in [0.15, 0.2) is 0 Å². The van der Waals surface area contributed by atoms with E-state index < -0.39 is 22.9 Å². The Morgan fingerprint density at radius 1 is 0.679 bits per heavy atom. The lowest BCUT2D eigenvalue weighted by Crippen LogP contribution is -2.32. The van der Waals surface area contributed by atoms with E-state index in [1.54, 1.807) is 13.8 Å². The predicted molar refractivity (Wildman–Crippen MR) is 209 cm³/mol. The highest BCUT2D eigenvalue weighted by atomic mass is 16.6. The van der Waals surface area contributed by atoms with Crippen LogP contribution in [0.15, 0.2) is 30.3 Å². The van der Waals surface area contributed by atoms with E-state index >= 15 is 0 Å². The van der Waals surface area contributed by atoms with Crippen molar-refractivity contribution in [2.45, 2.75) is 153 Å². The maximum Gasteiger partial charge on any atom is 0.407 e. The zero-order chi connectivity index (χ0) is 40.9. The Kier molecular flexibility index (Phi) is 28.0. The Balaban J connectivity index is 0. The van der Waals surface area contributed by atoms with Gasteiger partial charge in [-0.05, 0) is 98.0 Å². The van der Waals surface area contributed by atoms with Crippen LogP contribution in [0.4, 0.5) is 4.79 Å². The van der Waals surface area contributed by atoms with Gasteiger partial charge in [-0.25, -0.2) is 4.79 Å². The van der Waals surface area contributed by atoms with E-state index in [-0.39, 0.29) is 36.5 Å². The summed E-state index contributed by atoms with van der Waals surface area (Å²) in [5.74, 6) is -0.814. The highest BCUT2D eigenvalue weighted by Gasteiger charge is 2.28. The molecule has 0 saturated carbocycles. The van der Waals surface area contributed by atoms with Gasteiger partial charge in [0.1, 0.15) is 13.2 Å². The summed E-state index contributed by atoms with van der Waals surface area (Å²) >= 11 is 0. The minimum atomic E-state index is -0.722. The molecule has 11 heteroatoms. The van der Waals surface area contributed by atoms with Crippen molar-refractivity contribution in [3.05, 3.63) is 35.9 Å². The number of benzene rings is 1. The van der Waals surface area contributed by atoms with Crippen LogP contribution >= 0.6 is 0 Å². The van der Waals surface area contributed by atoms with E-state index in [1.807, 2.05) is 78.8 Å². The molecule has 0 bridgehead atoms. The molecule has 1 amide bonds. The Morgan fingerprint density at radius 2 is 1.25 bits per heavy atom. The zero-order valence-corrected chi connectivity index (χ0v) is 34.9. The summed E-state index contributed by atoms with van der Waals surface area (Å²) in [6, 6.07) is 9.72. The van der Waals surface area contributed by atoms with Gasteiger partial charge >= 0.3 is 30.0 Å². The number of aliphatic carboxylic acids is 1. The number of ether oxygens (including phenoxy) is 4. The quantitative estimate of drug-likeness (QED) is 0.0627. The third-order valence-electron chi connectivity index (χ3n) is 9.43. The lowest BCUT2D eigenvalue weighted by molar-refractivity contribution is -0.155. The molecule has 0 aliphatic rings. The van der Waals surface area contributed by atoms with Gasteiger partial charge < -0.3 is 29.4 Å². The summed E-state index contributed by atoms with van der Waals surface area (Å²) in [7, 11) is 0. The first-order chi connectivity index (χ1) is 24.8. The number of hydrogen-bond donors (Lipinski definition) is 2. The molecule has 0 spiro atoms. The predicted octanol–water partition coefficient (Wildman–Crippen LogP) is 9.69.